The van der Waals surface area contributed by atoms with Crippen LogP contribution in [0.3, 0.4) is 0 Å². The molecular formula is C22H22N4O3. The quantitative estimate of drug-likeness (QED) is 0.534. The maximum atomic E-state index is 13.0. The first-order chi connectivity index (χ1) is 14.2. The van der Waals surface area contributed by atoms with Gasteiger partial charge in [0.1, 0.15) is 17.2 Å². The molecule has 1 aliphatic heterocycles. The van der Waals surface area contributed by atoms with Crippen LogP contribution in [0.5, 0.6) is 5.75 Å². The first-order valence-corrected chi connectivity index (χ1v) is 9.84. The van der Waals surface area contributed by atoms with Gasteiger partial charge in [0.05, 0.1) is 19.8 Å². The Hall–Kier alpha value is -3.35. The number of likely N-dealkylation sites (tertiary alicyclic amines) is 1. The van der Waals surface area contributed by atoms with Gasteiger partial charge in [-0.25, -0.2) is 0 Å². The molecule has 0 bridgehead atoms. The number of nitrogens with zero attached hydrogens (tertiary/aromatic N) is 4. The minimum atomic E-state index is 0.113. The number of carbonyl (C=O) groups is 1. The Morgan fingerprint density at radius 1 is 1.28 bits per heavy atom. The van der Waals surface area contributed by atoms with E-state index in [4.69, 9.17) is 9.15 Å². The third-order valence-corrected chi connectivity index (χ3v) is 5.68. The number of amides is 1. The van der Waals surface area contributed by atoms with E-state index in [0.29, 0.717) is 13.0 Å². The Morgan fingerprint density at radius 2 is 2.21 bits per heavy atom. The molecule has 0 saturated carbocycles. The first-order valence-electron chi connectivity index (χ1n) is 9.84. The van der Waals surface area contributed by atoms with Crippen molar-refractivity contribution >= 4 is 22.5 Å². The van der Waals surface area contributed by atoms with E-state index in [1.165, 1.54) is 0 Å². The van der Waals surface area contributed by atoms with Crippen LogP contribution in [-0.2, 0) is 11.2 Å². The lowest BCUT2D eigenvalue weighted by Crippen LogP contribution is -2.40. The van der Waals surface area contributed by atoms with Gasteiger partial charge >= 0.3 is 0 Å². The van der Waals surface area contributed by atoms with Crippen molar-refractivity contribution in [2.75, 3.05) is 20.2 Å². The van der Waals surface area contributed by atoms with Crippen molar-refractivity contribution in [3.63, 3.8) is 0 Å². The van der Waals surface area contributed by atoms with Crippen LogP contribution in [0.4, 0.5) is 0 Å². The highest BCUT2D eigenvalue weighted by Crippen LogP contribution is 2.29. The molecular weight excluding hydrogens is 368 g/mol. The molecule has 1 fully saturated rings. The fourth-order valence-electron chi connectivity index (χ4n) is 4.15. The van der Waals surface area contributed by atoms with E-state index in [9.17, 15) is 4.79 Å². The molecule has 29 heavy (non-hydrogen) atoms. The number of pyridine rings is 1. The average molecular weight is 390 g/mol. The zero-order valence-electron chi connectivity index (χ0n) is 16.2. The minimum Gasteiger partial charge on any atom is -0.497 e. The standard InChI is InChI=1S/C22H22N4O3/c1-28-17-7-8-18-16(14-29-19(18)12-17)11-21(27)25-9-4-5-15(13-25)22-24-23-20-6-2-3-10-26(20)22/h2-3,6-8,10,12,14-15H,4-5,9,11,13H2,1H3/t15-/m0/s1. The van der Waals surface area contributed by atoms with Crippen molar-refractivity contribution in [1.29, 1.82) is 0 Å². The van der Waals surface area contributed by atoms with E-state index >= 15 is 0 Å². The molecule has 1 aromatic carbocycles. The molecule has 0 aliphatic carbocycles. The maximum absolute atomic E-state index is 13.0. The maximum Gasteiger partial charge on any atom is 0.227 e. The van der Waals surface area contributed by atoms with Crippen LogP contribution in [0.15, 0.2) is 53.3 Å². The summed E-state index contributed by atoms with van der Waals surface area (Å²) in [5, 5.41) is 9.61. The van der Waals surface area contributed by atoms with E-state index in [1.807, 2.05) is 51.9 Å². The van der Waals surface area contributed by atoms with E-state index in [2.05, 4.69) is 10.2 Å². The van der Waals surface area contributed by atoms with Gasteiger partial charge in [0.25, 0.3) is 0 Å². The molecule has 1 aliphatic rings. The minimum absolute atomic E-state index is 0.113. The van der Waals surface area contributed by atoms with Crippen LogP contribution in [-0.4, -0.2) is 45.6 Å². The molecule has 148 valence electrons. The van der Waals surface area contributed by atoms with Crippen molar-refractivity contribution in [1.82, 2.24) is 19.5 Å². The summed E-state index contributed by atoms with van der Waals surface area (Å²) in [5.74, 6) is 1.97. The van der Waals surface area contributed by atoms with Gasteiger partial charge in [-0.05, 0) is 37.1 Å². The van der Waals surface area contributed by atoms with Crippen molar-refractivity contribution < 1.29 is 13.9 Å². The Labute approximate surface area is 167 Å². The lowest BCUT2D eigenvalue weighted by atomic mass is 9.96. The van der Waals surface area contributed by atoms with Crippen molar-refractivity contribution in [2.24, 2.45) is 0 Å². The molecule has 0 N–H and O–H groups in total. The number of carbonyl (C=O) groups excluding carboxylic acids is 1. The van der Waals surface area contributed by atoms with E-state index < -0.39 is 0 Å². The number of fused-ring (bicyclic) bond motifs is 2. The van der Waals surface area contributed by atoms with Crippen LogP contribution >= 0.6 is 0 Å². The van der Waals surface area contributed by atoms with Crippen LogP contribution in [0.2, 0.25) is 0 Å². The second-order valence-electron chi connectivity index (χ2n) is 7.47. The zero-order valence-corrected chi connectivity index (χ0v) is 16.2. The Morgan fingerprint density at radius 3 is 3.10 bits per heavy atom. The Kier molecular flexibility index (Phi) is 4.42. The van der Waals surface area contributed by atoms with Gasteiger partial charge in [0, 0.05) is 42.2 Å². The number of methoxy groups -OCH3 is 1. The van der Waals surface area contributed by atoms with Crippen LogP contribution in [0.25, 0.3) is 16.6 Å². The van der Waals surface area contributed by atoms with Crippen molar-refractivity contribution in [3.8, 4) is 5.75 Å². The largest absolute Gasteiger partial charge is 0.497 e. The number of piperidine rings is 1. The summed E-state index contributed by atoms with van der Waals surface area (Å²) in [6, 6.07) is 11.6. The Bertz CT molecular complexity index is 1180. The number of aromatic nitrogens is 3. The fourth-order valence-corrected chi connectivity index (χ4v) is 4.15. The molecule has 0 radical (unpaired) electrons. The number of hydrogen-bond donors (Lipinski definition) is 0. The Balaban J connectivity index is 1.34. The topological polar surface area (TPSA) is 72.9 Å². The number of rotatable bonds is 4. The molecule has 1 amide bonds. The molecule has 4 aromatic rings. The summed E-state index contributed by atoms with van der Waals surface area (Å²) in [7, 11) is 1.62. The zero-order chi connectivity index (χ0) is 19.8. The monoisotopic (exact) mass is 390 g/mol. The number of benzene rings is 1. The summed E-state index contributed by atoms with van der Waals surface area (Å²) in [4.78, 5) is 15.0. The molecule has 0 spiro atoms. The van der Waals surface area contributed by atoms with Crippen LogP contribution in [0.1, 0.15) is 30.1 Å². The number of ether oxygens (including phenoxy) is 1. The van der Waals surface area contributed by atoms with Gasteiger partial charge < -0.3 is 14.1 Å². The smallest absolute Gasteiger partial charge is 0.227 e. The lowest BCUT2D eigenvalue weighted by molar-refractivity contribution is -0.131. The predicted molar refractivity (Wildman–Crippen MR) is 108 cm³/mol. The molecule has 5 rings (SSSR count). The second-order valence-corrected chi connectivity index (χ2v) is 7.47. The van der Waals surface area contributed by atoms with Crippen LogP contribution in [0, 0.1) is 0 Å². The van der Waals surface area contributed by atoms with Crippen LogP contribution < -0.4 is 4.74 Å². The molecule has 7 nitrogen and oxygen atoms in total. The highest BCUT2D eigenvalue weighted by atomic mass is 16.5. The molecule has 0 unspecified atom stereocenters. The summed E-state index contributed by atoms with van der Waals surface area (Å²) in [6.45, 7) is 1.44. The van der Waals surface area contributed by atoms with Crippen molar-refractivity contribution in [3.05, 3.63) is 60.2 Å². The summed E-state index contributed by atoms with van der Waals surface area (Å²) < 4.78 is 12.9. The average Bonchev–Trinajstić information content (AvgIpc) is 3.37. The SMILES string of the molecule is COc1ccc2c(CC(=O)N3CCC[C@H](c4nnc5ccccn45)C3)coc2c1. The molecule has 7 heteroatoms. The molecule has 1 saturated heterocycles. The van der Waals surface area contributed by atoms with Gasteiger partial charge in [-0.1, -0.05) is 6.07 Å². The van der Waals surface area contributed by atoms with Gasteiger partial charge in [-0.2, -0.15) is 0 Å². The summed E-state index contributed by atoms with van der Waals surface area (Å²) >= 11 is 0. The number of furan rings is 1. The summed E-state index contributed by atoms with van der Waals surface area (Å²) in [5.41, 5.74) is 2.48. The van der Waals surface area contributed by atoms with E-state index in [-0.39, 0.29) is 11.8 Å². The third-order valence-electron chi connectivity index (χ3n) is 5.68. The highest BCUT2D eigenvalue weighted by molar-refractivity contribution is 5.88. The summed E-state index contributed by atoms with van der Waals surface area (Å²) in [6.07, 6.45) is 5.95. The van der Waals surface area contributed by atoms with E-state index in [1.54, 1.807) is 13.4 Å². The van der Waals surface area contributed by atoms with Gasteiger partial charge in [0.2, 0.25) is 5.91 Å². The predicted octanol–water partition coefficient (Wildman–Crippen LogP) is 3.43. The highest BCUT2D eigenvalue weighted by Gasteiger charge is 2.28. The van der Waals surface area contributed by atoms with Crippen molar-refractivity contribution in [2.45, 2.75) is 25.2 Å². The molecule has 3 aromatic heterocycles. The molecule has 4 heterocycles. The number of hydrogen-bond acceptors (Lipinski definition) is 5. The van der Waals surface area contributed by atoms with Gasteiger partial charge in [0.15, 0.2) is 5.65 Å². The normalized spacial score (nSPS) is 17.1. The lowest BCUT2D eigenvalue weighted by Gasteiger charge is -2.32. The first kappa shape index (κ1) is 17.7. The van der Waals surface area contributed by atoms with Gasteiger partial charge in [-0.15, -0.1) is 10.2 Å². The molecule has 1 atom stereocenters. The third kappa shape index (κ3) is 3.22. The fraction of sp³-hybridized carbons (Fsp3) is 0.318. The van der Waals surface area contributed by atoms with Gasteiger partial charge in [-0.3, -0.25) is 9.20 Å². The second kappa shape index (κ2) is 7.24. The van der Waals surface area contributed by atoms with E-state index in [0.717, 1.165) is 53.1 Å².